The van der Waals surface area contributed by atoms with E-state index in [9.17, 15) is 0 Å². The van der Waals surface area contributed by atoms with Gasteiger partial charge in [0.15, 0.2) is 0 Å². The number of ether oxygens (including phenoxy) is 1. The Morgan fingerprint density at radius 1 is 1.12 bits per heavy atom. The fourth-order valence-electron chi connectivity index (χ4n) is 2.64. The van der Waals surface area contributed by atoms with E-state index in [1.54, 1.807) is 0 Å². The van der Waals surface area contributed by atoms with E-state index < -0.39 is 0 Å². The van der Waals surface area contributed by atoms with Gasteiger partial charge in [-0.1, -0.05) is 30.8 Å². The molecular formula is C20H31BO3. The third-order valence-corrected chi connectivity index (χ3v) is 4.62. The van der Waals surface area contributed by atoms with Gasteiger partial charge in [0.05, 0.1) is 17.0 Å². The van der Waals surface area contributed by atoms with Gasteiger partial charge in [-0.25, -0.2) is 0 Å². The number of aryl methyl sites for hydroxylation is 1. The lowest BCUT2D eigenvalue weighted by Gasteiger charge is -2.32. The monoisotopic (exact) mass is 330 g/mol. The SMILES string of the molecule is C=C(CCc1cccc(B2OC(C)(C)C(C)(C)O2)c1)OC(C)(C)C. The first-order valence-electron chi connectivity index (χ1n) is 8.71. The summed E-state index contributed by atoms with van der Waals surface area (Å²) in [7, 11) is -0.316. The van der Waals surface area contributed by atoms with Gasteiger partial charge < -0.3 is 14.0 Å². The third-order valence-electron chi connectivity index (χ3n) is 4.62. The number of hydrogen-bond acceptors (Lipinski definition) is 3. The lowest BCUT2D eigenvalue weighted by Crippen LogP contribution is -2.41. The molecule has 0 aliphatic carbocycles. The molecule has 0 atom stereocenters. The summed E-state index contributed by atoms with van der Waals surface area (Å²) in [5, 5.41) is 0. The first-order valence-corrected chi connectivity index (χ1v) is 8.71. The Bertz CT molecular complexity index is 583. The van der Waals surface area contributed by atoms with Crippen LogP contribution >= 0.6 is 0 Å². The number of hydrogen-bond donors (Lipinski definition) is 0. The Hall–Kier alpha value is -1.26. The highest BCUT2D eigenvalue weighted by Crippen LogP contribution is 2.36. The van der Waals surface area contributed by atoms with E-state index in [-0.39, 0.29) is 23.9 Å². The molecule has 0 amide bonds. The summed E-state index contributed by atoms with van der Waals surface area (Å²) in [5.41, 5.74) is 1.47. The van der Waals surface area contributed by atoms with Crippen LogP contribution in [-0.4, -0.2) is 23.9 Å². The average Bonchev–Trinajstić information content (AvgIpc) is 2.64. The van der Waals surface area contributed by atoms with Crippen molar-refractivity contribution >= 4 is 12.6 Å². The normalized spacial score (nSPS) is 19.4. The molecule has 2 rings (SSSR count). The highest BCUT2D eigenvalue weighted by Gasteiger charge is 2.51. The lowest BCUT2D eigenvalue weighted by molar-refractivity contribution is 0.00578. The van der Waals surface area contributed by atoms with Crippen LogP contribution in [0.1, 0.15) is 60.5 Å². The van der Waals surface area contributed by atoms with Crippen LogP contribution in [0.25, 0.3) is 0 Å². The maximum Gasteiger partial charge on any atom is 0.494 e. The van der Waals surface area contributed by atoms with Gasteiger partial charge in [0.2, 0.25) is 0 Å². The Morgan fingerprint density at radius 2 is 1.71 bits per heavy atom. The Labute approximate surface area is 147 Å². The molecule has 1 aliphatic heterocycles. The van der Waals surface area contributed by atoms with Gasteiger partial charge in [-0.05, 0) is 65.9 Å². The topological polar surface area (TPSA) is 27.7 Å². The van der Waals surface area contributed by atoms with Crippen molar-refractivity contribution in [3.8, 4) is 0 Å². The van der Waals surface area contributed by atoms with Gasteiger partial charge in [-0.15, -0.1) is 0 Å². The molecule has 1 aliphatic rings. The molecule has 1 aromatic rings. The van der Waals surface area contributed by atoms with E-state index in [4.69, 9.17) is 14.0 Å². The first kappa shape index (κ1) is 19.1. The van der Waals surface area contributed by atoms with Gasteiger partial charge in [0.1, 0.15) is 5.60 Å². The fourth-order valence-corrected chi connectivity index (χ4v) is 2.64. The molecule has 0 saturated carbocycles. The molecule has 3 nitrogen and oxygen atoms in total. The second-order valence-electron chi connectivity index (χ2n) is 8.59. The van der Waals surface area contributed by atoms with Crippen LogP contribution in [-0.2, 0) is 20.5 Å². The van der Waals surface area contributed by atoms with E-state index in [0.29, 0.717) is 0 Å². The minimum Gasteiger partial charge on any atom is -0.493 e. The molecule has 1 heterocycles. The maximum absolute atomic E-state index is 6.13. The zero-order chi connectivity index (χ0) is 18.2. The molecule has 1 fully saturated rings. The van der Waals surface area contributed by atoms with Gasteiger partial charge in [-0.3, -0.25) is 0 Å². The molecule has 0 bridgehead atoms. The van der Waals surface area contributed by atoms with E-state index in [0.717, 1.165) is 24.1 Å². The first-order chi connectivity index (χ1) is 10.9. The van der Waals surface area contributed by atoms with Gasteiger partial charge >= 0.3 is 7.12 Å². The van der Waals surface area contributed by atoms with Crippen LogP contribution in [0.2, 0.25) is 0 Å². The molecule has 4 heteroatoms. The van der Waals surface area contributed by atoms with Crippen molar-refractivity contribution in [2.24, 2.45) is 0 Å². The second kappa shape index (κ2) is 6.57. The highest BCUT2D eigenvalue weighted by atomic mass is 16.7. The van der Waals surface area contributed by atoms with Crippen LogP contribution in [0.3, 0.4) is 0 Å². The molecule has 1 saturated heterocycles. The third kappa shape index (κ3) is 4.64. The van der Waals surface area contributed by atoms with E-state index in [2.05, 4.69) is 58.5 Å². The van der Waals surface area contributed by atoms with Crippen molar-refractivity contribution in [2.45, 2.75) is 78.1 Å². The zero-order valence-electron chi connectivity index (χ0n) is 16.2. The molecular weight excluding hydrogens is 299 g/mol. The largest absolute Gasteiger partial charge is 0.494 e. The summed E-state index contributed by atoms with van der Waals surface area (Å²) in [6, 6.07) is 8.40. The molecule has 0 aromatic heterocycles. The van der Waals surface area contributed by atoms with Crippen molar-refractivity contribution in [3.63, 3.8) is 0 Å². The van der Waals surface area contributed by atoms with Crippen molar-refractivity contribution in [2.75, 3.05) is 0 Å². The minimum atomic E-state index is -0.317. The smallest absolute Gasteiger partial charge is 0.493 e. The van der Waals surface area contributed by atoms with Gasteiger partial charge in [0, 0.05) is 6.42 Å². The lowest BCUT2D eigenvalue weighted by atomic mass is 9.78. The van der Waals surface area contributed by atoms with Crippen LogP contribution in [0.4, 0.5) is 0 Å². The number of rotatable bonds is 5. The van der Waals surface area contributed by atoms with Crippen molar-refractivity contribution in [1.82, 2.24) is 0 Å². The highest BCUT2D eigenvalue weighted by molar-refractivity contribution is 6.62. The van der Waals surface area contributed by atoms with Gasteiger partial charge in [-0.2, -0.15) is 0 Å². The number of allylic oxidation sites excluding steroid dienone is 1. The standard InChI is InChI=1S/C20H31BO3/c1-15(22-18(2,3)4)12-13-16-10-9-11-17(14-16)21-23-19(5,6)20(7,8)24-21/h9-11,14H,1,12-13H2,2-8H3. The summed E-state index contributed by atoms with van der Waals surface area (Å²) in [5.74, 6) is 0.823. The fraction of sp³-hybridized carbons (Fsp3) is 0.600. The molecule has 132 valence electrons. The Balaban J connectivity index is 2.01. The summed E-state index contributed by atoms with van der Waals surface area (Å²) in [6.07, 6.45) is 1.70. The average molecular weight is 330 g/mol. The van der Waals surface area contributed by atoms with Crippen LogP contribution in [0.15, 0.2) is 36.6 Å². The summed E-state index contributed by atoms with van der Waals surface area (Å²) < 4.78 is 18.1. The quantitative estimate of drug-likeness (QED) is 0.597. The van der Waals surface area contributed by atoms with E-state index >= 15 is 0 Å². The van der Waals surface area contributed by atoms with Crippen LogP contribution in [0.5, 0.6) is 0 Å². The Morgan fingerprint density at radius 3 is 2.25 bits per heavy atom. The maximum atomic E-state index is 6.13. The predicted molar refractivity (Wildman–Crippen MR) is 100 cm³/mol. The van der Waals surface area contributed by atoms with E-state index in [1.165, 1.54) is 5.56 Å². The zero-order valence-corrected chi connectivity index (χ0v) is 16.2. The Kier molecular flexibility index (Phi) is 5.22. The van der Waals surface area contributed by atoms with Crippen molar-refractivity contribution in [1.29, 1.82) is 0 Å². The second-order valence-corrected chi connectivity index (χ2v) is 8.59. The van der Waals surface area contributed by atoms with Crippen LogP contribution < -0.4 is 5.46 Å². The summed E-state index contributed by atoms with van der Waals surface area (Å²) in [4.78, 5) is 0. The molecule has 0 radical (unpaired) electrons. The van der Waals surface area contributed by atoms with Crippen LogP contribution in [0, 0.1) is 0 Å². The van der Waals surface area contributed by atoms with Crippen molar-refractivity contribution in [3.05, 3.63) is 42.2 Å². The van der Waals surface area contributed by atoms with Crippen molar-refractivity contribution < 1.29 is 14.0 Å². The molecule has 0 spiro atoms. The predicted octanol–water partition coefficient (Wildman–Crippen LogP) is 4.25. The molecule has 0 unspecified atom stereocenters. The summed E-state index contributed by atoms with van der Waals surface area (Å²) in [6.45, 7) is 18.4. The van der Waals surface area contributed by atoms with Gasteiger partial charge in [0.25, 0.3) is 0 Å². The molecule has 0 N–H and O–H groups in total. The summed E-state index contributed by atoms with van der Waals surface area (Å²) >= 11 is 0. The molecule has 24 heavy (non-hydrogen) atoms. The number of benzene rings is 1. The van der Waals surface area contributed by atoms with E-state index in [1.807, 2.05) is 20.8 Å². The minimum absolute atomic E-state index is 0.193. The molecule has 1 aromatic carbocycles.